The smallest absolute Gasteiger partial charge is 0.186 e. The highest BCUT2D eigenvalue weighted by molar-refractivity contribution is 8.14. The van der Waals surface area contributed by atoms with Crippen molar-refractivity contribution in [3.05, 3.63) is 47.3 Å². The molecule has 3 rings (SSSR count). The maximum Gasteiger partial charge on any atom is 0.186 e. The molecule has 7 heteroatoms. The maximum atomic E-state index is 14.5. The van der Waals surface area contributed by atoms with Gasteiger partial charge in [0.1, 0.15) is 5.82 Å². The molecule has 27 heavy (non-hydrogen) atoms. The SMILES string of the molecule is CC(=O)S[C@@H]1CCN(C(C(=O)C2CC2)c2ccccc2F)CC1=CCO.Cl. The van der Waals surface area contributed by atoms with Crippen molar-refractivity contribution in [3.8, 4) is 0 Å². The molecule has 2 aliphatic rings. The molecule has 1 unspecified atom stereocenters. The number of benzene rings is 1. The molecule has 1 saturated heterocycles. The van der Waals surface area contributed by atoms with Crippen molar-refractivity contribution in [1.82, 2.24) is 4.90 Å². The lowest BCUT2D eigenvalue weighted by Crippen LogP contribution is -2.43. The van der Waals surface area contributed by atoms with Gasteiger partial charge in [-0.3, -0.25) is 14.5 Å². The first-order valence-electron chi connectivity index (χ1n) is 9.00. The molecule has 0 bridgehead atoms. The standard InChI is InChI=1S/C20H24FNO3S.ClH/c1-13(24)26-18-8-10-22(12-15(18)9-11-23)19(20(25)14-6-7-14)16-4-2-3-5-17(16)21;/h2-5,9,14,18-19,23H,6-8,10-12H2,1H3;1H/t18-,19?;/m1./s1. The molecule has 0 spiro atoms. The van der Waals surface area contributed by atoms with Gasteiger partial charge in [-0.05, 0) is 30.9 Å². The van der Waals surface area contributed by atoms with Crippen molar-refractivity contribution in [2.45, 2.75) is 37.5 Å². The number of nitrogens with zero attached hydrogens (tertiary/aromatic N) is 1. The Morgan fingerprint density at radius 2 is 2.04 bits per heavy atom. The minimum atomic E-state index is -0.603. The number of thioether (sulfide) groups is 1. The highest BCUT2D eigenvalue weighted by Gasteiger charge is 2.41. The Morgan fingerprint density at radius 1 is 1.33 bits per heavy atom. The molecule has 2 atom stereocenters. The van der Waals surface area contributed by atoms with Crippen LogP contribution in [-0.2, 0) is 9.59 Å². The van der Waals surface area contributed by atoms with Gasteiger partial charge in [-0.2, -0.15) is 0 Å². The Morgan fingerprint density at radius 3 is 2.63 bits per heavy atom. The van der Waals surface area contributed by atoms with Crippen molar-refractivity contribution < 1.29 is 19.1 Å². The number of hydrogen-bond donors (Lipinski definition) is 1. The van der Waals surface area contributed by atoms with Crippen molar-refractivity contribution in [2.75, 3.05) is 19.7 Å². The third-order valence-corrected chi connectivity index (χ3v) is 6.11. The van der Waals surface area contributed by atoms with Crippen LogP contribution in [0.15, 0.2) is 35.9 Å². The Labute approximate surface area is 169 Å². The summed E-state index contributed by atoms with van der Waals surface area (Å²) in [5, 5.41) is 9.39. The number of aliphatic hydroxyl groups is 1. The van der Waals surface area contributed by atoms with Crippen LogP contribution >= 0.6 is 24.2 Å². The second-order valence-electron chi connectivity index (χ2n) is 6.92. The van der Waals surface area contributed by atoms with E-state index in [2.05, 4.69) is 0 Å². The van der Waals surface area contributed by atoms with Gasteiger partial charge in [-0.15, -0.1) is 12.4 Å². The first kappa shape index (κ1) is 22.1. The topological polar surface area (TPSA) is 57.6 Å². The summed E-state index contributed by atoms with van der Waals surface area (Å²) in [4.78, 5) is 26.4. The molecule has 2 fully saturated rings. The summed E-state index contributed by atoms with van der Waals surface area (Å²) in [7, 11) is 0. The number of Topliss-reactive ketones (excluding diaryl/α,β-unsaturated/α-hetero) is 1. The first-order valence-corrected chi connectivity index (χ1v) is 9.88. The number of ketones is 1. The van der Waals surface area contributed by atoms with E-state index in [4.69, 9.17) is 0 Å². The molecule has 1 aromatic carbocycles. The van der Waals surface area contributed by atoms with Gasteiger partial charge in [0.25, 0.3) is 0 Å². The van der Waals surface area contributed by atoms with E-state index < -0.39 is 6.04 Å². The number of rotatable bonds is 6. The van der Waals surface area contributed by atoms with Crippen LogP contribution in [0.4, 0.5) is 4.39 Å². The lowest BCUT2D eigenvalue weighted by Gasteiger charge is -2.38. The van der Waals surface area contributed by atoms with E-state index in [-0.39, 0.29) is 46.9 Å². The second-order valence-corrected chi connectivity index (χ2v) is 8.30. The van der Waals surface area contributed by atoms with Gasteiger partial charge in [-0.25, -0.2) is 4.39 Å². The predicted octanol–water partition coefficient (Wildman–Crippen LogP) is 3.54. The van der Waals surface area contributed by atoms with Crippen LogP contribution in [-0.4, -0.2) is 45.9 Å². The zero-order valence-corrected chi connectivity index (χ0v) is 16.9. The van der Waals surface area contributed by atoms with Crippen molar-refractivity contribution >= 4 is 35.1 Å². The lowest BCUT2D eigenvalue weighted by molar-refractivity contribution is -0.126. The van der Waals surface area contributed by atoms with Crippen LogP contribution in [0.1, 0.15) is 37.8 Å². The summed E-state index contributed by atoms with van der Waals surface area (Å²) in [6, 6.07) is 5.87. The summed E-state index contributed by atoms with van der Waals surface area (Å²) in [6.45, 7) is 2.50. The molecular formula is C20H25ClFNO3S. The van der Waals surface area contributed by atoms with Gasteiger partial charge in [-0.1, -0.05) is 36.0 Å². The number of piperidine rings is 1. The van der Waals surface area contributed by atoms with Gasteiger partial charge in [0, 0.05) is 36.7 Å². The molecule has 148 valence electrons. The molecule has 1 heterocycles. The molecule has 1 aliphatic carbocycles. The third-order valence-electron chi connectivity index (χ3n) is 4.95. The summed E-state index contributed by atoms with van der Waals surface area (Å²) in [5.74, 6) is -0.260. The van der Waals surface area contributed by atoms with E-state index in [0.717, 1.165) is 18.4 Å². The average molecular weight is 414 g/mol. The molecule has 4 nitrogen and oxygen atoms in total. The highest BCUT2D eigenvalue weighted by Crippen LogP contribution is 2.40. The number of halogens is 2. The van der Waals surface area contributed by atoms with Gasteiger partial charge in [0.2, 0.25) is 0 Å². The predicted molar refractivity (Wildman–Crippen MR) is 108 cm³/mol. The normalized spacial score (nSPS) is 22.9. The minimum Gasteiger partial charge on any atom is -0.392 e. The van der Waals surface area contributed by atoms with Gasteiger partial charge in [0.05, 0.1) is 12.6 Å². The summed E-state index contributed by atoms with van der Waals surface area (Å²) < 4.78 is 14.5. The molecule has 1 aliphatic heterocycles. The number of carbonyl (C=O) groups is 2. The molecular weight excluding hydrogens is 389 g/mol. The van der Waals surface area contributed by atoms with Crippen LogP contribution in [0.25, 0.3) is 0 Å². The number of aliphatic hydroxyl groups excluding tert-OH is 1. The highest BCUT2D eigenvalue weighted by atomic mass is 35.5. The number of carbonyl (C=O) groups excluding carboxylic acids is 2. The fourth-order valence-electron chi connectivity index (χ4n) is 3.57. The van der Waals surface area contributed by atoms with E-state index >= 15 is 0 Å². The molecule has 1 aromatic rings. The summed E-state index contributed by atoms with van der Waals surface area (Å²) >= 11 is 1.26. The Bertz CT molecular complexity index is 723. The minimum absolute atomic E-state index is 0. The van der Waals surface area contributed by atoms with E-state index in [0.29, 0.717) is 25.1 Å². The Hall–Kier alpha value is -1.21. The van der Waals surface area contributed by atoms with Gasteiger partial charge >= 0.3 is 0 Å². The van der Waals surface area contributed by atoms with Crippen molar-refractivity contribution in [1.29, 1.82) is 0 Å². The zero-order valence-electron chi connectivity index (χ0n) is 15.3. The largest absolute Gasteiger partial charge is 0.392 e. The van der Waals surface area contributed by atoms with Gasteiger partial charge in [0.15, 0.2) is 10.9 Å². The monoisotopic (exact) mass is 413 g/mol. The van der Waals surface area contributed by atoms with Crippen LogP contribution in [0.3, 0.4) is 0 Å². The Balaban J connectivity index is 0.00000261. The van der Waals surface area contributed by atoms with Gasteiger partial charge < -0.3 is 5.11 Å². The van der Waals surface area contributed by atoms with E-state index in [1.54, 1.807) is 24.3 Å². The third kappa shape index (κ3) is 5.41. The van der Waals surface area contributed by atoms with E-state index in [9.17, 15) is 19.1 Å². The second kappa shape index (κ2) is 9.82. The molecule has 0 radical (unpaired) electrons. The van der Waals surface area contributed by atoms with Crippen molar-refractivity contribution in [2.24, 2.45) is 5.92 Å². The summed E-state index contributed by atoms with van der Waals surface area (Å²) in [6.07, 6.45) is 4.16. The van der Waals surface area contributed by atoms with Crippen LogP contribution in [0.2, 0.25) is 0 Å². The van der Waals surface area contributed by atoms with E-state index in [1.165, 1.54) is 24.8 Å². The lowest BCUT2D eigenvalue weighted by atomic mass is 9.93. The average Bonchev–Trinajstić information content (AvgIpc) is 3.44. The fourth-order valence-corrected chi connectivity index (χ4v) is 4.52. The fraction of sp³-hybridized carbons (Fsp3) is 0.500. The van der Waals surface area contributed by atoms with Crippen LogP contribution in [0, 0.1) is 11.7 Å². The van der Waals surface area contributed by atoms with E-state index in [1.807, 2.05) is 4.90 Å². The molecule has 0 aromatic heterocycles. The maximum absolute atomic E-state index is 14.5. The summed E-state index contributed by atoms with van der Waals surface area (Å²) in [5.41, 5.74) is 1.36. The van der Waals surface area contributed by atoms with Crippen LogP contribution < -0.4 is 0 Å². The van der Waals surface area contributed by atoms with Crippen molar-refractivity contribution in [3.63, 3.8) is 0 Å². The Kier molecular flexibility index (Phi) is 8.04. The zero-order chi connectivity index (χ0) is 18.7. The van der Waals surface area contributed by atoms with Crippen LogP contribution in [0.5, 0.6) is 0 Å². The quantitative estimate of drug-likeness (QED) is 0.723. The molecule has 1 N–H and O–H groups in total. The number of hydrogen-bond acceptors (Lipinski definition) is 5. The molecule has 0 amide bonds. The molecule has 1 saturated carbocycles. The first-order chi connectivity index (χ1) is 12.5. The number of likely N-dealkylation sites (tertiary alicyclic amines) is 1.